The molecule has 3 heteroatoms. The summed E-state index contributed by atoms with van der Waals surface area (Å²) in [6.45, 7) is 5.05. The fourth-order valence-corrected chi connectivity index (χ4v) is 2.23. The van der Waals surface area contributed by atoms with Gasteiger partial charge >= 0.3 is 5.97 Å². The topological polar surface area (TPSA) is 29.5 Å². The average Bonchev–Trinajstić information content (AvgIpc) is 2.28. The van der Waals surface area contributed by atoms with Crippen molar-refractivity contribution in [1.82, 2.24) is 0 Å². The Bertz CT molecular complexity index is 401. The first-order valence-corrected chi connectivity index (χ1v) is 6.19. The molecule has 1 aromatic carbocycles. The summed E-state index contributed by atoms with van der Waals surface area (Å²) < 4.78 is 5.19. The van der Waals surface area contributed by atoms with E-state index in [1.165, 1.54) is 11.3 Å². The SMILES string of the molecule is CC(C)OC(=O)CN1CCCc2ccccc21. The number of benzene rings is 1. The molecule has 0 saturated heterocycles. The van der Waals surface area contributed by atoms with Crippen LogP contribution in [0.15, 0.2) is 24.3 Å². The van der Waals surface area contributed by atoms with Gasteiger partial charge in [0, 0.05) is 12.2 Å². The van der Waals surface area contributed by atoms with Crippen molar-refractivity contribution in [2.24, 2.45) is 0 Å². The molecule has 2 rings (SSSR count). The lowest BCUT2D eigenvalue weighted by molar-refractivity contribution is -0.145. The van der Waals surface area contributed by atoms with Gasteiger partial charge in [0.05, 0.1) is 6.10 Å². The predicted molar refractivity (Wildman–Crippen MR) is 68.2 cm³/mol. The van der Waals surface area contributed by atoms with Crippen LogP contribution in [0.4, 0.5) is 5.69 Å². The number of hydrogen-bond acceptors (Lipinski definition) is 3. The Balaban J connectivity index is 2.06. The molecular formula is C14H19NO2. The quantitative estimate of drug-likeness (QED) is 0.751. The van der Waals surface area contributed by atoms with Gasteiger partial charge in [-0.05, 0) is 38.3 Å². The highest BCUT2D eigenvalue weighted by molar-refractivity contribution is 5.76. The average molecular weight is 233 g/mol. The van der Waals surface area contributed by atoms with Crippen LogP contribution in [0.1, 0.15) is 25.8 Å². The van der Waals surface area contributed by atoms with Crippen molar-refractivity contribution in [3.63, 3.8) is 0 Å². The van der Waals surface area contributed by atoms with E-state index >= 15 is 0 Å². The van der Waals surface area contributed by atoms with Gasteiger partial charge in [0.2, 0.25) is 0 Å². The lowest BCUT2D eigenvalue weighted by Crippen LogP contribution is -2.35. The zero-order chi connectivity index (χ0) is 12.3. The fourth-order valence-electron chi connectivity index (χ4n) is 2.23. The van der Waals surface area contributed by atoms with E-state index in [0.29, 0.717) is 6.54 Å². The third kappa shape index (κ3) is 2.99. The highest BCUT2D eigenvalue weighted by atomic mass is 16.5. The molecule has 0 aliphatic carbocycles. The van der Waals surface area contributed by atoms with Crippen molar-refractivity contribution in [2.75, 3.05) is 18.0 Å². The maximum absolute atomic E-state index is 11.7. The molecule has 92 valence electrons. The van der Waals surface area contributed by atoms with Crippen LogP contribution < -0.4 is 4.90 Å². The number of carbonyl (C=O) groups is 1. The second-order valence-electron chi connectivity index (χ2n) is 4.69. The van der Waals surface area contributed by atoms with Crippen LogP contribution in [0, 0.1) is 0 Å². The molecule has 1 aliphatic heterocycles. The molecule has 0 amide bonds. The Morgan fingerprint density at radius 3 is 2.94 bits per heavy atom. The predicted octanol–water partition coefficient (Wildman–Crippen LogP) is 2.39. The maximum atomic E-state index is 11.7. The van der Waals surface area contributed by atoms with E-state index in [1.54, 1.807) is 0 Å². The number of para-hydroxylation sites is 1. The van der Waals surface area contributed by atoms with Crippen molar-refractivity contribution in [1.29, 1.82) is 0 Å². The monoisotopic (exact) mass is 233 g/mol. The first-order valence-electron chi connectivity index (χ1n) is 6.19. The molecule has 1 heterocycles. The van der Waals surface area contributed by atoms with E-state index < -0.39 is 0 Å². The minimum atomic E-state index is -0.142. The van der Waals surface area contributed by atoms with Gasteiger partial charge in [-0.3, -0.25) is 4.79 Å². The van der Waals surface area contributed by atoms with Crippen LogP contribution in [0.3, 0.4) is 0 Å². The molecule has 1 aliphatic rings. The fraction of sp³-hybridized carbons (Fsp3) is 0.500. The second kappa shape index (κ2) is 5.21. The summed E-state index contributed by atoms with van der Waals surface area (Å²) in [6, 6.07) is 8.28. The Labute approximate surface area is 102 Å². The number of anilines is 1. The highest BCUT2D eigenvalue weighted by Crippen LogP contribution is 2.26. The van der Waals surface area contributed by atoms with E-state index in [0.717, 1.165) is 19.4 Å². The molecule has 0 fully saturated rings. The third-order valence-corrected chi connectivity index (χ3v) is 2.89. The molecule has 0 atom stereocenters. The first-order chi connectivity index (χ1) is 8.16. The Kier molecular flexibility index (Phi) is 3.67. The van der Waals surface area contributed by atoms with Crippen LogP contribution in [0.5, 0.6) is 0 Å². The molecule has 0 saturated carbocycles. The summed E-state index contributed by atoms with van der Waals surface area (Å²) in [6.07, 6.45) is 2.17. The number of aryl methyl sites for hydroxylation is 1. The van der Waals surface area contributed by atoms with Crippen LogP contribution in [0.25, 0.3) is 0 Å². The molecule has 0 N–H and O–H groups in total. The van der Waals surface area contributed by atoms with E-state index in [2.05, 4.69) is 23.1 Å². The van der Waals surface area contributed by atoms with Gasteiger partial charge in [-0.1, -0.05) is 18.2 Å². The summed E-state index contributed by atoms with van der Waals surface area (Å²) in [5.41, 5.74) is 2.51. The van der Waals surface area contributed by atoms with Crippen molar-refractivity contribution in [3.8, 4) is 0 Å². The third-order valence-electron chi connectivity index (χ3n) is 2.89. The molecule has 3 nitrogen and oxygen atoms in total. The number of ether oxygens (including phenoxy) is 1. The number of rotatable bonds is 3. The van der Waals surface area contributed by atoms with Crippen LogP contribution in [-0.2, 0) is 16.0 Å². The summed E-state index contributed by atoms with van der Waals surface area (Å²) in [5.74, 6) is -0.142. The molecule has 17 heavy (non-hydrogen) atoms. The Morgan fingerprint density at radius 2 is 2.18 bits per heavy atom. The standard InChI is InChI=1S/C14H19NO2/c1-11(2)17-14(16)10-15-9-5-7-12-6-3-4-8-13(12)15/h3-4,6,8,11H,5,7,9-10H2,1-2H3. The van der Waals surface area contributed by atoms with Crippen molar-refractivity contribution >= 4 is 11.7 Å². The normalized spacial score (nSPS) is 14.6. The second-order valence-corrected chi connectivity index (χ2v) is 4.69. The van der Waals surface area contributed by atoms with Crippen molar-refractivity contribution in [2.45, 2.75) is 32.8 Å². The maximum Gasteiger partial charge on any atom is 0.325 e. The summed E-state index contributed by atoms with van der Waals surface area (Å²) in [4.78, 5) is 13.8. The van der Waals surface area contributed by atoms with E-state index in [-0.39, 0.29) is 12.1 Å². The molecule has 1 aromatic rings. The lowest BCUT2D eigenvalue weighted by atomic mass is 10.0. The zero-order valence-corrected chi connectivity index (χ0v) is 10.5. The molecule has 0 spiro atoms. The van der Waals surface area contributed by atoms with Gasteiger partial charge in [-0.25, -0.2) is 0 Å². The number of hydrogen-bond donors (Lipinski definition) is 0. The first kappa shape index (κ1) is 12.0. The van der Waals surface area contributed by atoms with Gasteiger partial charge in [-0.15, -0.1) is 0 Å². The summed E-state index contributed by atoms with van der Waals surface area (Å²) in [5, 5.41) is 0. The van der Waals surface area contributed by atoms with Gasteiger partial charge in [-0.2, -0.15) is 0 Å². The highest BCUT2D eigenvalue weighted by Gasteiger charge is 2.19. The molecular weight excluding hydrogens is 214 g/mol. The molecule has 0 aromatic heterocycles. The molecule has 0 radical (unpaired) electrons. The minimum Gasteiger partial charge on any atom is -0.462 e. The van der Waals surface area contributed by atoms with E-state index in [9.17, 15) is 4.79 Å². The van der Waals surface area contributed by atoms with Crippen LogP contribution in [0.2, 0.25) is 0 Å². The van der Waals surface area contributed by atoms with E-state index in [4.69, 9.17) is 4.74 Å². The number of carbonyl (C=O) groups excluding carboxylic acids is 1. The molecule has 0 unspecified atom stereocenters. The minimum absolute atomic E-state index is 0.0393. The van der Waals surface area contributed by atoms with Gasteiger partial charge in [0.1, 0.15) is 6.54 Å². The van der Waals surface area contributed by atoms with Crippen molar-refractivity contribution in [3.05, 3.63) is 29.8 Å². The zero-order valence-electron chi connectivity index (χ0n) is 10.5. The Hall–Kier alpha value is -1.51. The van der Waals surface area contributed by atoms with E-state index in [1.807, 2.05) is 19.9 Å². The largest absolute Gasteiger partial charge is 0.462 e. The molecule has 0 bridgehead atoms. The van der Waals surface area contributed by atoms with Crippen molar-refractivity contribution < 1.29 is 9.53 Å². The summed E-state index contributed by atoms with van der Waals surface area (Å²) in [7, 11) is 0. The summed E-state index contributed by atoms with van der Waals surface area (Å²) >= 11 is 0. The smallest absolute Gasteiger partial charge is 0.325 e. The number of nitrogens with zero attached hydrogens (tertiary/aromatic N) is 1. The van der Waals surface area contributed by atoms with Gasteiger partial charge in [0.25, 0.3) is 0 Å². The van der Waals surface area contributed by atoms with Gasteiger partial charge < -0.3 is 9.64 Å². The van der Waals surface area contributed by atoms with Gasteiger partial charge in [0.15, 0.2) is 0 Å². The van der Waals surface area contributed by atoms with Crippen LogP contribution in [-0.4, -0.2) is 25.2 Å². The van der Waals surface area contributed by atoms with Crippen LogP contribution >= 0.6 is 0 Å². The number of esters is 1. The number of fused-ring (bicyclic) bond motifs is 1. The Morgan fingerprint density at radius 1 is 1.41 bits per heavy atom. The lowest BCUT2D eigenvalue weighted by Gasteiger charge is -2.30.